The van der Waals surface area contributed by atoms with E-state index in [1.807, 2.05) is 20.8 Å². The molecule has 3 atom stereocenters. The van der Waals surface area contributed by atoms with Crippen molar-refractivity contribution in [3.8, 4) is 0 Å². The monoisotopic (exact) mass is 392 g/mol. The van der Waals surface area contributed by atoms with E-state index in [2.05, 4.69) is 6.92 Å². The zero-order valence-corrected chi connectivity index (χ0v) is 17.2. The van der Waals surface area contributed by atoms with Crippen LogP contribution in [0.2, 0.25) is 0 Å². The van der Waals surface area contributed by atoms with Crippen LogP contribution in [0.1, 0.15) is 58.9 Å². The first-order valence-corrected chi connectivity index (χ1v) is 9.85. The summed E-state index contributed by atoms with van der Waals surface area (Å²) in [4.78, 5) is 35.4. The van der Waals surface area contributed by atoms with Crippen molar-refractivity contribution in [2.75, 3.05) is 0 Å². The van der Waals surface area contributed by atoms with E-state index in [0.29, 0.717) is 5.56 Å². The molecule has 7 nitrogen and oxygen atoms in total. The smallest absolute Gasteiger partial charge is 0.306 e. The van der Waals surface area contributed by atoms with E-state index in [-0.39, 0.29) is 36.3 Å². The Morgan fingerprint density at radius 3 is 2.29 bits per heavy atom. The van der Waals surface area contributed by atoms with Crippen LogP contribution in [-0.2, 0) is 20.9 Å². The lowest BCUT2D eigenvalue weighted by atomic mass is 9.79. The summed E-state index contributed by atoms with van der Waals surface area (Å²) in [6.45, 7) is 7.86. The van der Waals surface area contributed by atoms with Crippen LogP contribution in [-0.4, -0.2) is 22.7 Å². The third-order valence-electron chi connectivity index (χ3n) is 5.05. The predicted molar refractivity (Wildman–Crippen MR) is 108 cm³/mol. The zero-order valence-electron chi connectivity index (χ0n) is 17.2. The highest BCUT2D eigenvalue weighted by Crippen LogP contribution is 2.25. The lowest BCUT2D eigenvalue weighted by Gasteiger charge is -2.26. The van der Waals surface area contributed by atoms with Crippen LogP contribution in [0.25, 0.3) is 0 Å². The van der Waals surface area contributed by atoms with Crippen molar-refractivity contribution in [3.05, 3.63) is 39.9 Å². The van der Waals surface area contributed by atoms with Crippen LogP contribution in [0.15, 0.2) is 24.3 Å². The summed E-state index contributed by atoms with van der Waals surface area (Å²) in [5.74, 6) is -0.969. The Balaban J connectivity index is 2.73. The van der Waals surface area contributed by atoms with Crippen molar-refractivity contribution in [1.29, 1.82) is 0 Å². The van der Waals surface area contributed by atoms with Gasteiger partial charge in [0.25, 0.3) is 5.69 Å². The minimum Gasteiger partial charge on any atom is -0.461 e. The van der Waals surface area contributed by atoms with Crippen molar-refractivity contribution in [2.45, 2.75) is 66.0 Å². The summed E-state index contributed by atoms with van der Waals surface area (Å²) < 4.78 is 5.30. The number of nitro groups is 1. The highest BCUT2D eigenvalue weighted by atomic mass is 16.6. The molecular weight excluding hydrogens is 360 g/mol. The lowest BCUT2D eigenvalue weighted by molar-refractivity contribution is -0.384. The Kier molecular flexibility index (Phi) is 9.79. The third-order valence-corrected chi connectivity index (χ3v) is 5.05. The summed E-state index contributed by atoms with van der Waals surface area (Å²) in [5.41, 5.74) is 6.68. The molecule has 1 aromatic carbocycles. The molecule has 0 radical (unpaired) electrons. The van der Waals surface area contributed by atoms with Gasteiger partial charge in [0.2, 0.25) is 0 Å². The SMILES string of the molecule is CCCC[C@H](C)[C@H](CC(=O)OCc1ccc([N+](=O)[O-])cc1)C(=O)[C@@H](N)C(C)C. The van der Waals surface area contributed by atoms with Gasteiger partial charge in [0.15, 0.2) is 5.78 Å². The Bertz CT molecular complexity index is 657. The topological polar surface area (TPSA) is 113 Å². The van der Waals surface area contributed by atoms with Gasteiger partial charge < -0.3 is 10.5 Å². The molecule has 0 aliphatic heterocycles. The van der Waals surface area contributed by atoms with Gasteiger partial charge in [-0.25, -0.2) is 0 Å². The fourth-order valence-electron chi connectivity index (χ4n) is 3.00. The maximum Gasteiger partial charge on any atom is 0.306 e. The highest BCUT2D eigenvalue weighted by molar-refractivity contribution is 5.89. The van der Waals surface area contributed by atoms with Gasteiger partial charge in [-0.2, -0.15) is 0 Å². The molecule has 0 amide bonds. The summed E-state index contributed by atoms with van der Waals surface area (Å²) >= 11 is 0. The Hall–Kier alpha value is -2.28. The van der Waals surface area contributed by atoms with Crippen LogP contribution < -0.4 is 5.73 Å². The maximum absolute atomic E-state index is 12.8. The van der Waals surface area contributed by atoms with E-state index in [1.54, 1.807) is 12.1 Å². The average molecular weight is 392 g/mol. The Morgan fingerprint density at radius 2 is 1.79 bits per heavy atom. The summed E-state index contributed by atoms with van der Waals surface area (Å²) in [6.07, 6.45) is 2.86. The van der Waals surface area contributed by atoms with Crippen LogP contribution in [0, 0.1) is 27.9 Å². The minimum absolute atomic E-state index is 0.00286. The van der Waals surface area contributed by atoms with Crippen LogP contribution >= 0.6 is 0 Å². The van der Waals surface area contributed by atoms with Crippen LogP contribution in [0.5, 0.6) is 0 Å². The molecule has 7 heteroatoms. The summed E-state index contributed by atoms with van der Waals surface area (Å²) in [6, 6.07) is 5.23. The second kappa shape index (κ2) is 11.5. The molecule has 2 N–H and O–H groups in total. The molecule has 0 heterocycles. The van der Waals surface area contributed by atoms with Gasteiger partial charge in [0, 0.05) is 18.1 Å². The van der Waals surface area contributed by atoms with E-state index in [9.17, 15) is 19.7 Å². The molecule has 0 aliphatic carbocycles. The quantitative estimate of drug-likeness (QED) is 0.326. The molecule has 1 rings (SSSR count). The number of hydrogen-bond donors (Lipinski definition) is 1. The molecule has 0 bridgehead atoms. The normalized spacial score (nSPS) is 14.4. The van der Waals surface area contributed by atoms with E-state index in [1.165, 1.54) is 12.1 Å². The van der Waals surface area contributed by atoms with Crippen molar-refractivity contribution in [3.63, 3.8) is 0 Å². The number of ether oxygens (including phenoxy) is 1. The van der Waals surface area contributed by atoms with Crippen molar-refractivity contribution < 1.29 is 19.2 Å². The number of benzene rings is 1. The molecule has 1 aromatic rings. The first kappa shape index (κ1) is 23.8. The molecule has 0 aromatic heterocycles. The molecular formula is C21H32N2O5. The van der Waals surface area contributed by atoms with Gasteiger partial charge in [0.05, 0.1) is 17.4 Å². The number of non-ortho nitro benzene ring substituents is 1. The van der Waals surface area contributed by atoms with Crippen molar-refractivity contribution in [2.24, 2.45) is 23.5 Å². The van der Waals surface area contributed by atoms with Gasteiger partial charge in [0.1, 0.15) is 6.61 Å². The van der Waals surface area contributed by atoms with Gasteiger partial charge >= 0.3 is 5.97 Å². The molecule has 0 saturated heterocycles. The standard InChI is InChI=1S/C21H32N2O5/c1-5-6-7-15(4)18(21(25)20(22)14(2)3)12-19(24)28-13-16-8-10-17(11-9-16)23(26)27/h8-11,14-15,18,20H,5-7,12-13,22H2,1-4H3/t15-,18-,20-/m0/s1. The highest BCUT2D eigenvalue weighted by Gasteiger charge is 2.32. The fourth-order valence-corrected chi connectivity index (χ4v) is 3.00. The number of esters is 1. The molecule has 0 spiro atoms. The largest absolute Gasteiger partial charge is 0.461 e. The number of nitrogens with zero attached hydrogens (tertiary/aromatic N) is 1. The van der Waals surface area contributed by atoms with E-state index < -0.39 is 22.9 Å². The Morgan fingerprint density at radius 1 is 1.18 bits per heavy atom. The number of nitro benzene ring substituents is 1. The van der Waals surface area contributed by atoms with Crippen molar-refractivity contribution >= 4 is 17.4 Å². The number of unbranched alkanes of at least 4 members (excludes halogenated alkanes) is 1. The predicted octanol–water partition coefficient (Wildman–Crippen LogP) is 4.02. The molecule has 156 valence electrons. The second-order valence-electron chi connectivity index (χ2n) is 7.69. The van der Waals surface area contributed by atoms with Crippen LogP contribution in [0.4, 0.5) is 5.69 Å². The van der Waals surface area contributed by atoms with E-state index in [0.717, 1.165) is 19.3 Å². The molecule has 28 heavy (non-hydrogen) atoms. The lowest BCUT2D eigenvalue weighted by Crippen LogP contribution is -2.42. The average Bonchev–Trinajstić information content (AvgIpc) is 2.67. The molecule has 0 saturated carbocycles. The van der Waals surface area contributed by atoms with Crippen molar-refractivity contribution in [1.82, 2.24) is 0 Å². The van der Waals surface area contributed by atoms with E-state index >= 15 is 0 Å². The molecule has 0 unspecified atom stereocenters. The first-order chi connectivity index (χ1) is 13.2. The maximum atomic E-state index is 12.8. The number of Topliss-reactive ketones (excluding diaryl/α,β-unsaturated/α-hetero) is 1. The number of hydrogen-bond acceptors (Lipinski definition) is 6. The van der Waals surface area contributed by atoms with Crippen LogP contribution in [0.3, 0.4) is 0 Å². The number of ketones is 1. The zero-order chi connectivity index (χ0) is 21.3. The first-order valence-electron chi connectivity index (χ1n) is 9.85. The van der Waals surface area contributed by atoms with Gasteiger partial charge in [-0.3, -0.25) is 19.7 Å². The molecule has 0 aliphatic rings. The second-order valence-corrected chi connectivity index (χ2v) is 7.69. The minimum atomic E-state index is -0.600. The third kappa shape index (κ3) is 7.38. The number of carbonyl (C=O) groups excluding carboxylic acids is 2. The summed E-state index contributed by atoms with van der Waals surface area (Å²) in [7, 11) is 0. The Labute approximate surface area is 166 Å². The van der Waals surface area contributed by atoms with E-state index in [4.69, 9.17) is 10.5 Å². The fraction of sp³-hybridized carbons (Fsp3) is 0.619. The number of nitrogens with two attached hydrogens (primary N) is 1. The molecule has 0 fully saturated rings. The van der Waals surface area contributed by atoms with Gasteiger partial charge in [-0.15, -0.1) is 0 Å². The van der Waals surface area contributed by atoms with Gasteiger partial charge in [-0.05, 0) is 29.5 Å². The van der Waals surface area contributed by atoms with Gasteiger partial charge in [-0.1, -0.05) is 47.0 Å². The summed E-state index contributed by atoms with van der Waals surface area (Å²) in [5, 5.41) is 10.7. The number of carbonyl (C=O) groups is 2. The number of rotatable bonds is 12.